The summed E-state index contributed by atoms with van der Waals surface area (Å²) < 4.78 is 5.66. The maximum atomic E-state index is 12.8. The Balaban J connectivity index is 1.15. The first kappa shape index (κ1) is 23.2. The van der Waals surface area contributed by atoms with Gasteiger partial charge in [-0.15, -0.1) is 0 Å². The van der Waals surface area contributed by atoms with Gasteiger partial charge in [0.2, 0.25) is 5.91 Å². The number of carboxylic acids is 1. The molecular formula is C26H33N3O4. The lowest BCUT2D eigenvalue weighted by Gasteiger charge is -2.20. The predicted molar refractivity (Wildman–Crippen MR) is 126 cm³/mol. The van der Waals surface area contributed by atoms with Gasteiger partial charge in [0.15, 0.2) is 0 Å². The van der Waals surface area contributed by atoms with E-state index in [1.807, 2.05) is 30.3 Å². The number of hydrogen-bond donors (Lipinski definition) is 3. The van der Waals surface area contributed by atoms with Gasteiger partial charge in [-0.05, 0) is 62.1 Å². The van der Waals surface area contributed by atoms with Crippen LogP contribution >= 0.6 is 0 Å². The number of aromatic nitrogens is 1. The number of pyridine rings is 1. The first-order valence-electron chi connectivity index (χ1n) is 12.0. The number of aryl methyl sites for hydroxylation is 2. The van der Waals surface area contributed by atoms with Gasteiger partial charge in [-0.3, -0.25) is 4.79 Å². The molecule has 0 radical (unpaired) electrons. The fourth-order valence-corrected chi connectivity index (χ4v) is 4.40. The summed E-state index contributed by atoms with van der Waals surface area (Å²) in [5.74, 6) is -0.201. The van der Waals surface area contributed by atoms with E-state index >= 15 is 0 Å². The zero-order valence-electron chi connectivity index (χ0n) is 19.0. The maximum Gasteiger partial charge on any atom is 0.326 e. The van der Waals surface area contributed by atoms with Gasteiger partial charge in [0.25, 0.3) is 0 Å². The predicted octanol–water partition coefficient (Wildman–Crippen LogP) is 3.47. The molecule has 1 fully saturated rings. The van der Waals surface area contributed by atoms with Gasteiger partial charge in [0.05, 0.1) is 5.41 Å². The standard InChI is InChI=1S/C26H33N3O4/c30-24(31)22(29-25(32)26(14-15-26)20-8-2-1-3-9-20)13-18-33-17-5-4-10-21-12-11-19-7-6-16-27-23(19)28-21/h1-3,8-9,11-12,22H,4-7,10,13-18H2,(H,27,28)(H,29,32)(H,30,31)/t22-/m0/s1. The van der Waals surface area contributed by atoms with Crippen LogP contribution in [0.4, 0.5) is 5.82 Å². The second kappa shape index (κ2) is 10.8. The molecule has 0 unspecified atom stereocenters. The lowest BCUT2D eigenvalue weighted by molar-refractivity contribution is -0.142. The van der Waals surface area contributed by atoms with E-state index in [-0.39, 0.29) is 12.3 Å². The number of benzene rings is 1. The van der Waals surface area contributed by atoms with Crippen molar-refractivity contribution in [2.45, 2.75) is 62.8 Å². The van der Waals surface area contributed by atoms with Crippen molar-refractivity contribution in [1.29, 1.82) is 0 Å². The fourth-order valence-electron chi connectivity index (χ4n) is 4.40. The molecular weight excluding hydrogens is 418 g/mol. The number of rotatable bonds is 12. The Morgan fingerprint density at radius 2 is 1.94 bits per heavy atom. The van der Waals surface area contributed by atoms with E-state index in [1.54, 1.807) is 0 Å². The number of hydrogen-bond acceptors (Lipinski definition) is 5. The molecule has 1 aromatic carbocycles. The Morgan fingerprint density at radius 1 is 1.12 bits per heavy atom. The molecule has 4 rings (SSSR count). The molecule has 176 valence electrons. The van der Waals surface area contributed by atoms with Crippen LogP contribution in [0.15, 0.2) is 42.5 Å². The molecule has 7 nitrogen and oxygen atoms in total. The summed E-state index contributed by atoms with van der Waals surface area (Å²) in [6.45, 7) is 1.86. The van der Waals surface area contributed by atoms with Crippen LogP contribution < -0.4 is 10.6 Å². The molecule has 3 N–H and O–H groups in total. The Bertz CT molecular complexity index is 959. The van der Waals surface area contributed by atoms with E-state index < -0.39 is 17.4 Å². The smallest absolute Gasteiger partial charge is 0.326 e. The van der Waals surface area contributed by atoms with E-state index in [2.05, 4.69) is 22.8 Å². The lowest BCUT2D eigenvalue weighted by atomic mass is 9.94. The van der Waals surface area contributed by atoms with Crippen molar-refractivity contribution < 1.29 is 19.4 Å². The SMILES string of the molecule is O=C(O)[C@H](CCOCCCCc1ccc2c(n1)NCCC2)NC(=O)C1(c2ccccc2)CC1. The van der Waals surface area contributed by atoms with E-state index in [0.29, 0.717) is 13.2 Å². The second-order valence-electron chi connectivity index (χ2n) is 9.01. The summed E-state index contributed by atoms with van der Waals surface area (Å²) in [6, 6.07) is 12.9. The van der Waals surface area contributed by atoms with Crippen molar-refractivity contribution in [2.75, 3.05) is 25.1 Å². The van der Waals surface area contributed by atoms with E-state index in [4.69, 9.17) is 9.72 Å². The Hall–Kier alpha value is -2.93. The summed E-state index contributed by atoms with van der Waals surface area (Å²) in [4.78, 5) is 29.2. The van der Waals surface area contributed by atoms with Gasteiger partial charge in [-0.25, -0.2) is 9.78 Å². The number of aliphatic carboxylic acids is 1. The number of ether oxygens (including phenoxy) is 1. The van der Waals surface area contributed by atoms with Gasteiger partial charge in [0.1, 0.15) is 11.9 Å². The zero-order chi connectivity index (χ0) is 23.1. The monoisotopic (exact) mass is 451 g/mol. The molecule has 1 amide bonds. The zero-order valence-corrected chi connectivity index (χ0v) is 19.0. The van der Waals surface area contributed by atoms with Gasteiger partial charge < -0.3 is 20.5 Å². The number of nitrogens with zero attached hydrogens (tertiary/aromatic N) is 1. The number of carbonyl (C=O) groups excluding carboxylic acids is 1. The van der Waals surface area contributed by atoms with Crippen LogP contribution in [0.2, 0.25) is 0 Å². The lowest BCUT2D eigenvalue weighted by Crippen LogP contribution is -2.46. The Morgan fingerprint density at radius 3 is 2.70 bits per heavy atom. The van der Waals surface area contributed by atoms with Crippen LogP contribution in [0.1, 0.15) is 55.3 Å². The van der Waals surface area contributed by atoms with Crippen molar-refractivity contribution in [3.63, 3.8) is 0 Å². The second-order valence-corrected chi connectivity index (χ2v) is 9.01. The van der Waals surface area contributed by atoms with Crippen LogP contribution in [-0.2, 0) is 32.6 Å². The third-order valence-corrected chi connectivity index (χ3v) is 6.59. The summed E-state index contributed by atoms with van der Waals surface area (Å²) >= 11 is 0. The highest BCUT2D eigenvalue weighted by molar-refractivity contribution is 5.93. The van der Waals surface area contributed by atoms with E-state index in [0.717, 1.165) is 68.6 Å². The average molecular weight is 452 g/mol. The van der Waals surface area contributed by atoms with Crippen LogP contribution in [-0.4, -0.2) is 47.8 Å². The first-order chi connectivity index (χ1) is 16.1. The molecule has 1 aromatic heterocycles. The molecule has 2 aromatic rings. The van der Waals surface area contributed by atoms with Crippen LogP contribution in [0.25, 0.3) is 0 Å². The Kier molecular flexibility index (Phi) is 7.60. The minimum absolute atomic E-state index is 0.201. The largest absolute Gasteiger partial charge is 0.480 e. The molecule has 2 heterocycles. The molecule has 7 heteroatoms. The molecule has 0 saturated heterocycles. The fraction of sp³-hybridized carbons (Fsp3) is 0.500. The summed E-state index contributed by atoms with van der Waals surface area (Å²) in [6.07, 6.45) is 6.75. The molecule has 1 aliphatic heterocycles. The maximum absolute atomic E-state index is 12.8. The number of carboxylic acid groups (broad SMARTS) is 1. The molecule has 1 aliphatic carbocycles. The van der Waals surface area contributed by atoms with E-state index in [9.17, 15) is 14.7 Å². The summed E-state index contributed by atoms with van der Waals surface area (Å²) in [5, 5.41) is 15.6. The highest BCUT2D eigenvalue weighted by Gasteiger charge is 2.51. The molecule has 0 bridgehead atoms. The summed E-state index contributed by atoms with van der Waals surface area (Å²) in [7, 11) is 0. The third kappa shape index (κ3) is 5.90. The molecule has 1 saturated carbocycles. The van der Waals surface area contributed by atoms with Crippen LogP contribution in [0, 0.1) is 0 Å². The molecule has 0 spiro atoms. The van der Waals surface area contributed by atoms with Crippen molar-refractivity contribution in [3.8, 4) is 0 Å². The third-order valence-electron chi connectivity index (χ3n) is 6.59. The number of nitrogens with one attached hydrogen (secondary N) is 2. The van der Waals surface area contributed by atoms with Crippen LogP contribution in [0.5, 0.6) is 0 Å². The quantitative estimate of drug-likeness (QED) is 0.427. The summed E-state index contributed by atoms with van der Waals surface area (Å²) in [5.41, 5.74) is 2.76. The normalized spacial score (nSPS) is 16.8. The van der Waals surface area contributed by atoms with Crippen molar-refractivity contribution in [2.24, 2.45) is 0 Å². The highest BCUT2D eigenvalue weighted by atomic mass is 16.5. The number of carbonyl (C=O) groups is 2. The average Bonchev–Trinajstić information content (AvgIpc) is 3.65. The van der Waals surface area contributed by atoms with Crippen molar-refractivity contribution >= 4 is 17.7 Å². The Labute approximate surface area is 195 Å². The molecule has 33 heavy (non-hydrogen) atoms. The van der Waals surface area contributed by atoms with Crippen molar-refractivity contribution in [3.05, 3.63) is 59.3 Å². The van der Waals surface area contributed by atoms with Gasteiger partial charge in [-0.1, -0.05) is 36.4 Å². The van der Waals surface area contributed by atoms with Crippen molar-refractivity contribution in [1.82, 2.24) is 10.3 Å². The van der Waals surface area contributed by atoms with Gasteiger partial charge >= 0.3 is 5.97 Å². The number of amides is 1. The molecule has 2 aliphatic rings. The first-order valence-corrected chi connectivity index (χ1v) is 12.0. The minimum atomic E-state index is -1.03. The topological polar surface area (TPSA) is 101 Å². The number of anilines is 1. The van der Waals surface area contributed by atoms with Gasteiger partial charge in [0, 0.05) is 31.9 Å². The molecule has 1 atom stereocenters. The van der Waals surface area contributed by atoms with Crippen LogP contribution in [0.3, 0.4) is 0 Å². The number of unbranched alkanes of at least 4 members (excludes halogenated alkanes) is 1. The minimum Gasteiger partial charge on any atom is -0.480 e. The van der Waals surface area contributed by atoms with E-state index in [1.165, 1.54) is 5.56 Å². The number of fused-ring (bicyclic) bond motifs is 1. The van der Waals surface area contributed by atoms with Gasteiger partial charge in [-0.2, -0.15) is 0 Å². The highest BCUT2D eigenvalue weighted by Crippen LogP contribution is 2.48.